The molecule has 0 amide bonds. The summed E-state index contributed by atoms with van der Waals surface area (Å²) in [4.78, 5) is 0. The van der Waals surface area contributed by atoms with Gasteiger partial charge in [-0.3, -0.25) is 0 Å². The first kappa shape index (κ1) is 15.6. The van der Waals surface area contributed by atoms with Crippen LogP contribution in [0.1, 0.15) is 57.6 Å². The average Bonchev–Trinajstić information content (AvgIpc) is 3.28. The molecule has 0 aromatic heterocycles. The molecule has 0 saturated heterocycles. The third-order valence-electron chi connectivity index (χ3n) is 4.09. The van der Waals surface area contributed by atoms with Gasteiger partial charge in [-0.1, -0.05) is 56.8 Å². The Kier molecular flexibility index (Phi) is 4.72. The molecule has 21 heavy (non-hydrogen) atoms. The smallest absolute Gasteiger partial charge is 0.127 e. The zero-order chi connectivity index (χ0) is 15.6. The molecule has 1 aliphatic carbocycles. The van der Waals surface area contributed by atoms with Crippen LogP contribution in [0.3, 0.4) is 0 Å². The van der Waals surface area contributed by atoms with Crippen molar-refractivity contribution >= 4 is 5.76 Å². The van der Waals surface area contributed by atoms with Crippen molar-refractivity contribution in [2.45, 2.75) is 46.5 Å². The predicted octanol–water partition coefficient (Wildman–Crippen LogP) is 6.06. The van der Waals surface area contributed by atoms with Gasteiger partial charge in [0, 0.05) is 11.5 Å². The number of hydrogen-bond donors (Lipinski definition) is 0. The monoisotopic (exact) mass is 282 g/mol. The Morgan fingerprint density at radius 2 is 1.67 bits per heavy atom. The van der Waals surface area contributed by atoms with Crippen LogP contribution in [0.5, 0.6) is 0 Å². The molecule has 1 saturated carbocycles. The van der Waals surface area contributed by atoms with E-state index in [2.05, 4.69) is 58.2 Å². The van der Waals surface area contributed by atoms with Gasteiger partial charge in [0.05, 0.1) is 0 Å². The summed E-state index contributed by atoms with van der Waals surface area (Å²) in [7, 11) is 0. The van der Waals surface area contributed by atoms with E-state index in [4.69, 9.17) is 4.74 Å². The summed E-state index contributed by atoms with van der Waals surface area (Å²) < 4.78 is 6.11. The Morgan fingerprint density at radius 3 is 2.10 bits per heavy atom. The number of benzene rings is 1. The van der Waals surface area contributed by atoms with Gasteiger partial charge in [0.2, 0.25) is 0 Å². The van der Waals surface area contributed by atoms with Crippen molar-refractivity contribution in [3.8, 4) is 0 Å². The van der Waals surface area contributed by atoms with Crippen LogP contribution in [-0.2, 0) is 4.74 Å². The van der Waals surface area contributed by atoms with Gasteiger partial charge in [-0.05, 0) is 43.7 Å². The van der Waals surface area contributed by atoms with Gasteiger partial charge in [0.25, 0.3) is 0 Å². The van der Waals surface area contributed by atoms with E-state index < -0.39 is 0 Å². The summed E-state index contributed by atoms with van der Waals surface area (Å²) in [6.45, 7) is 16.6. The Hall–Kier alpha value is -1.76. The van der Waals surface area contributed by atoms with Crippen molar-refractivity contribution in [2.75, 3.05) is 0 Å². The lowest BCUT2D eigenvalue weighted by atomic mass is 10.0. The van der Waals surface area contributed by atoms with Crippen molar-refractivity contribution < 1.29 is 4.74 Å². The van der Waals surface area contributed by atoms with Crippen molar-refractivity contribution in [1.29, 1.82) is 0 Å². The van der Waals surface area contributed by atoms with Crippen LogP contribution in [0.15, 0.2) is 54.3 Å². The van der Waals surface area contributed by atoms with Crippen molar-refractivity contribution in [1.82, 2.24) is 0 Å². The molecule has 0 radical (unpaired) electrons. The maximum atomic E-state index is 6.11. The summed E-state index contributed by atoms with van der Waals surface area (Å²) in [5, 5.41) is 0. The fourth-order valence-electron chi connectivity index (χ4n) is 2.27. The van der Waals surface area contributed by atoms with Gasteiger partial charge in [-0.25, -0.2) is 0 Å². The lowest BCUT2D eigenvalue weighted by Crippen LogP contribution is -1.99. The number of allylic oxidation sites excluding steroid dienone is 3. The zero-order valence-electron chi connectivity index (χ0n) is 13.7. The summed E-state index contributed by atoms with van der Waals surface area (Å²) in [5.74, 6) is 2.88. The Morgan fingerprint density at radius 1 is 1.10 bits per heavy atom. The highest BCUT2D eigenvalue weighted by Crippen LogP contribution is 2.41. The highest BCUT2D eigenvalue weighted by atomic mass is 16.5. The van der Waals surface area contributed by atoms with Crippen LogP contribution in [0.25, 0.3) is 5.76 Å². The minimum atomic E-state index is 0.542. The number of hydrogen-bond acceptors (Lipinski definition) is 1. The van der Waals surface area contributed by atoms with Gasteiger partial charge in [-0.15, -0.1) is 0 Å². The fraction of sp³-hybridized carbons (Fsp3) is 0.400. The van der Waals surface area contributed by atoms with Gasteiger partial charge in [0.15, 0.2) is 0 Å². The molecular weight excluding hydrogens is 256 g/mol. The molecule has 1 fully saturated rings. The molecule has 112 valence electrons. The van der Waals surface area contributed by atoms with E-state index >= 15 is 0 Å². The van der Waals surface area contributed by atoms with E-state index in [1.54, 1.807) is 0 Å². The second-order valence-electron chi connectivity index (χ2n) is 6.35. The Bertz CT molecular complexity index is 568. The van der Waals surface area contributed by atoms with Gasteiger partial charge in [-0.2, -0.15) is 0 Å². The molecule has 0 heterocycles. The summed E-state index contributed by atoms with van der Waals surface area (Å²) >= 11 is 0. The van der Waals surface area contributed by atoms with Crippen LogP contribution in [0.4, 0.5) is 0 Å². The number of ether oxygens (including phenoxy) is 1. The minimum Gasteiger partial charge on any atom is -0.461 e. The van der Waals surface area contributed by atoms with Crippen LogP contribution in [-0.4, -0.2) is 0 Å². The van der Waals surface area contributed by atoms with E-state index in [0.29, 0.717) is 11.8 Å². The molecule has 1 nitrogen and oxygen atoms in total. The van der Waals surface area contributed by atoms with E-state index in [1.807, 2.05) is 6.92 Å². The van der Waals surface area contributed by atoms with Gasteiger partial charge < -0.3 is 4.74 Å². The number of rotatable bonds is 6. The molecule has 1 aromatic carbocycles. The highest BCUT2D eigenvalue weighted by Gasteiger charge is 2.30. The SMILES string of the molecule is C=C(C)/C(C)=C(/OC(=C)c1ccc(C(C)C)cc1)C1CC1. The third kappa shape index (κ3) is 3.87. The average molecular weight is 282 g/mol. The molecular formula is C20H26O. The lowest BCUT2D eigenvalue weighted by molar-refractivity contribution is 0.350. The molecule has 0 N–H and O–H groups in total. The summed E-state index contributed by atoms with van der Waals surface area (Å²) in [5.41, 5.74) is 4.62. The Labute approximate surface area is 129 Å². The van der Waals surface area contributed by atoms with Crippen LogP contribution in [0, 0.1) is 5.92 Å². The predicted molar refractivity (Wildman–Crippen MR) is 90.9 cm³/mol. The minimum absolute atomic E-state index is 0.542. The second-order valence-corrected chi connectivity index (χ2v) is 6.35. The van der Waals surface area contributed by atoms with E-state index in [0.717, 1.165) is 28.2 Å². The zero-order valence-corrected chi connectivity index (χ0v) is 13.7. The summed E-state index contributed by atoms with van der Waals surface area (Å²) in [6, 6.07) is 8.50. The molecule has 0 bridgehead atoms. The summed E-state index contributed by atoms with van der Waals surface area (Å²) in [6.07, 6.45) is 2.42. The van der Waals surface area contributed by atoms with Crippen LogP contribution >= 0.6 is 0 Å². The quantitative estimate of drug-likeness (QED) is 0.455. The van der Waals surface area contributed by atoms with Gasteiger partial charge in [0.1, 0.15) is 11.5 Å². The third-order valence-corrected chi connectivity index (χ3v) is 4.09. The first-order valence-electron chi connectivity index (χ1n) is 7.74. The van der Waals surface area contributed by atoms with E-state index in [-0.39, 0.29) is 0 Å². The fourth-order valence-corrected chi connectivity index (χ4v) is 2.27. The molecule has 1 aliphatic rings. The van der Waals surface area contributed by atoms with Crippen molar-refractivity contribution in [3.63, 3.8) is 0 Å². The van der Waals surface area contributed by atoms with Crippen LogP contribution in [0.2, 0.25) is 0 Å². The molecule has 0 spiro atoms. The molecule has 0 atom stereocenters. The topological polar surface area (TPSA) is 9.23 Å². The molecule has 1 heteroatoms. The molecule has 0 aliphatic heterocycles. The Balaban J connectivity index is 2.16. The largest absolute Gasteiger partial charge is 0.461 e. The maximum absolute atomic E-state index is 6.11. The highest BCUT2D eigenvalue weighted by molar-refractivity contribution is 5.59. The molecule has 2 rings (SSSR count). The lowest BCUT2D eigenvalue weighted by Gasteiger charge is -2.16. The first-order valence-corrected chi connectivity index (χ1v) is 7.74. The maximum Gasteiger partial charge on any atom is 0.127 e. The normalized spacial score (nSPS) is 15.7. The van der Waals surface area contributed by atoms with Gasteiger partial charge >= 0.3 is 0 Å². The van der Waals surface area contributed by atoms with Crippen molar-refractivity contribution in [3.05, 3.63) is 65.5 Å². The van der Waals surface area contributed by atoms with E-state index in [1.165, 1.54) is 18.4 Å². The standard InChI is InChI=1S/C20H26O/c1-13(2)15(5)20(19-11-12-19)21-16(6)18-9-7-17(8-10-18)14(3)4/h7-10,14,19H,1,6,11-12H2,2-5H3/b20-15+. The second kappa shape index (κ2) is 6.34. The molecule has 0 unspecified atom stereocenters. The first-order chi connectivity index (χ1) is 9.90. The van der Waals surface area contributed by atoms with Crippen LogP contribution < -0.4 is 0 Å². The van der Waals surface area contributed by atoms with E-state index in [9.17, 15) is 0 Å². The van der Waals surface area contributed by atoms with Crippen molar-refractivity contribution in [2.24, 2.45) is 5.92 Å². The molecule has 1 aromatic rings.